The van der Waals surface area contributed by atoms with Crippen molar-refractivity contribution < 1.29 is 18.0 Å². The van der Waals surface area contributed by atoms with E-state index in [2.05, 4.69) is 4.98 Å². The fourth-order valence-corrected chi connectivity index (χ4v) is 1.49. The van der Waals surface area contributed by atoms with Crippen LogP contribution < -0.4 is 0 Å². The Morgan fingerprint density at radius 3 is 2.50 bits per heavy atom. The van der Waals surface area contributed by atoms with Gasteiger partial charge in [-0.15, -0.1) is 0 Å². The molecule has 1 aromatic heterocycles. The lowest BCUT2D eigenvalue weighted by Gasteiger charge is -2.04. The monoisotopic (exact) mass is 251 g/mol. The molecule has 0 aliphatic rings. The van der Waals surface area contributed by atoms with Gasteiger partial charge in [-0.2, -0.15) is 0 Å². The summed E-state index contributed by atoms with van der Waals surface area (Å²) < 4.78 is 38.0. The predicted octanol–water partition coefficient (Wildman–Crippen LogP) is 3.39. The number of benzene rings is 1. The lowest BCUT2D eigenvalue weighted by atomic mass is 10.1. The molecule has 0 aliphatic carbocycles. The summed E-state index contributed by atoms with van der Waals surface area (Å²) in [6.45, 7) is 0. The van der Waals surface area contributed by atoms with Crippen LogP contribution in [-0.2, 0) is 0 Å². The van der Waals surface area contributed by atoms with Gasteiger partial charge >= 0.3 is 0 Å². The summed E-state index contributed by atoms with van der Waals surface area (Å²) in [4.78, 5) is 15.7. The van der Waals surface area contributed by atoms with Gasteiger partial charge in [0.2, 0.25) is 5.78 Å². The first kappa shape index (κ1) is 12.3. The summed E-state index contributed by atoms with van der Waals surface area (Å²) in [7, 11) is 0. The topological polar surface area (TPSA) is 30.0 Å². The zero-order valence-corrected chi connectivity index (χ0v) is 9.11. The van der Waals surface area contributed by atoms with Gasteiger partial charge in [0.15, 0.2) is 0 Å². The summed E-state index contributed by atoms with van der Waals surface area (Å²) in [6, 6.07) is 7.61. The van der Waals surface area contributed by atoms with Gasteiger partial charge in [0, 0.05) is 11.8 Å². The van der Waals surface area contributed by atoms with Crippen molar-refractivity contribution in [3.8, 4) is 0 Å². The van der Waals surface area contributed by atoms with Crippen LogP contribution in [-0.4, -0.2) is 10.8 Å². The second kappa shape index (κ2) is 5.00. The van der Waals surface area contributed by atoms with E-state index >= 15 is 0 Å². The highest BCUT2D eigenvalue weighted by Gasteiger charge is 2.17. The maximum Gasteiger partial charge on any atom is 0.266 e. The molecule has 0 spiro atoms. The Bertz CT molecular complexity index is 570. The number of nitrogens with zero attached hydrogens (tertiary/aromatic N) is 1. The molecular formula is C13H8F3NO. The Hall–Kier alpha value is -2.17. The van der Waals surface area contributed by atoms with Gasteiger partial charge in [-0.1, -0.05) is 12.1 Å². The van der Waals surface area contributed by atoms with Crippen molar-refractivity contribution in [2.75, 3.05) is 0 Å². The van der Waals surface area contributed by atoms with Gasteiger partial charge in [0.1, 0.15) is 11.5 Å². The number of rotatable bonds is 3. The van der Waals surface area contributed by atoms with Crippen LogP contribution in [0.15, 0.2) is 42.6 Å². The number of hydrogen-bond acceptors (Lipinski definition) is 2. The molecule has 5 heteroatoms. The molecule has 0 N–H and O–H groups in total. The molecule has 2 aromatic rings. The summed E-state index contributed by atoms with van der Waals surface area (Å²) in [5.74, 6) is -1.60. The number of ketones is 1. The Balaban J connectivity index is 2.36. The zero-order valence-electron chi connectivity index (χ0n) is 9.11. The Morgan fingerprint density at radius 2 is 1.94 bits per heavy atom. The van der Waals surface area contributed by atoms with Crippen LogP contribution in [0.1, 0.15) is 28.0 Å². The summed E-state index contributed by atoms with van der Waals surface area (Å²) >= 11 is 0. The van der Waals surface area contributed by atoms with Crippen LogP contribution in [0.5, 0.6) is 0 Å². The molecule has 1 aromatic carbocycles. The lowest BCUT2D eigenvalue weighted by molar-refractivity contribution is 0.103. The average Bonchev–Trinajstić information content (AvgIpc) is 2.38. The first-order valence-electron chi connectivity index (χ1n) is 5.13. The van der Waals surface area contributed by atoms with Crippen molar-refractivity contribution >= 4 is 5.78 Å². The Morgan fingerprint density at radius 1 is 1.17 bits per heavy atom. The molecular weight excluding hydrogens is 243 g/mol. The third-order valence-electron chi connectivity index (χ3n) is 2.40. The largest absolute Gasteiger partial charge is 0.287 e. The van der Waals surface area contributed by atoms with Gasteiger partial charge in [0.05, 0.1) is 5.56 Å². The van der Waals surface area contributed by atoms with Crippen molar-refractivity contribution in [2.45, 2.75) is 6.43 Å². The van der Waals surface area contributed by atoms with Crippen molar-refractivity contribution in [2.24, 2.45) is 0 Å². The molecule has 2 nitrogen and oxygen atoms in total. The fraction of sp³-hybridized carbons (Fsp3) is 0.0769. The molecule has 0 bridgehead atoms. The van der Waals surface area contributed by atoms with Crippen molar-refractivity contribution in [1.29, 1.82) is 0 Å². The summed E-state index contributed by atoms with van der Waals surface area (Å²) in [5, 5.41) is 0. The molecule has 0 saturated carbocycles. The van der Waals surface area contributed by atoms with Crippen LogP contribution in [0.4, 0.5) is 13.2 Å². The van der Waals surface area contributed by atoms with Crippen LogP contribution in [0.25, 0.3) is 0 Å². The fourth-order valence-electron chi connectivity index (χ4n) is 1.49. The molecule has 0 saturated heterocycles. The molecule has 0 amide bonds. The normalized spacial score (nSPS) is 10.7. The SMILES string of the molecule is O=C(c1ccc(C(F)F)c(F)c1)c1ccccn1. The molecule has 0 aliphatic heterocycles. The highest BCUT2D eigenvalue weighted by Crippen LogP contribution is 2.23. The number of alkyl halides is 2. The lowest BCUT2D eigenvalue weighted by Crippen LogP contribution is -2.05. The second-order valence-corrected chi connectivity index (χ2v) is 3.58. The van der Waals surface area contributed by atoms with Crippen LogP contribution in [0.3, 0.4) is 0 Å². The van der Waals surface area contributed by atoms with E-state index in [1.807, 2.05) is 0 Å². The molecule has 0 fully saturated rings. The number of halogens is 3. The van der Waals surface area contributed by atoms with E-state index in [0.717, 1.165) is 12.1 Å². The molecule has 0 atom stereocenters. The minimum atomic E-state index is -2.90. The number of pyridine rings is 1. The van der Waals surface area contributed by atoms with E-state index in [4.69, 9.17) is 0 Å². The third-order valence-corrected chi connectivity index (χ3v) is 2.40. The minimum absolute atomic E-state index is 0.00407. The van der Waals surface area contributed by atoms with Gasteiger partial charge in [-0.25, -0.2) is 13.2 Å². The Labute approximate surface area is 101 Å². The Kier molecular flexibility index (Phi) is 3.41. The van der Waals surface area contributed by atoms with E-state index < -0.39 is 23.6 Å². The van der Waals surface area contributed by atoms with Crippen LogP contribution >= 0.6 is 0 Å². The molecule has 92 valence electrons. The van der Waals surface area contributed by atoms with Gasteiger partial charge in [0.25, 0.3) is 6.43 Å². The smallest absolute Gasteiger partial charge is 0.266 e. The molecule has 0 unspecified atom stereocenters. The first-order valence-corrected chi connectivity index (χ1v) is 5.13. The quantitative estimate of drug-likeness (QED) is 0.782. The van der Waals surface area contributed by atoms with Gasteiger partial charge in [-0.05, 0) is 24.3 Å². The van der Waals surface area contributed by atoms with E-state index in [1.165, 1.54) is 18.3 Å². The number of carbonyl (C=O) groups is 1. The molecule has 18 heavy (non-hydrogen) atoms. The van der Waals surface area contributed by atoms with E-state index in [-0.39, 0.29) is 11.3 Å². The minimum Gasteiger partial charge on any atom is -0.287 e. The van der Waals surface area contributed by atoms with Crippen molar-refractivity contribution in [3.05, 3.63) is 65.2 Å². The van der Waals surface area contributed by atoms with E-state index in [9.17, 15) is 18.0 Å². The van der Waals surface area contributed by atoms with Crippen molar-refractivity contribution in [1.82, 2.24) is 4.98 Å². The second-order valence-electron chi connectivity index (χ2n) is 3.58. The predicted molar refractivity (Wildman–Crippen MR) is 59.0 cm³/mol. The van der Waals surface area contributed by atoms with Gasteiger partial charge in [-0.3, -0.25) is 9.78 Å². The molecule has 1 heterocycles. The number of aromatic nitrogens is 1. The number of carbonyl (C=O) groups excluding carboxylic acids is 1. The standard InChI is InChI=1S/C13H8F3NO/c14-10-7-8(4-5-9(10)13(15)16)12(18)11-3-1-2-6-17-11/h1-7,13H. The summed E-state index contributed by atoms with van der Waals surface area (Å²) in [6.07, 6.45) is -1.47. The first-order chi connectivity index (χ1) is 8.59. The number of hydrogen-bond donors (Lipinski definition) is 0. The maximum atomic E-state index is 13.3. The van der Waals surface area contributed by atoms with Crippen LogP contribution in [0, 0.1) is 5.82 Å². The average molecular weight is 251 g/mol. The molecule has 0 radical (unpaired) electrons. The summed E-state index contributed by atoms with van der Waals surface area (Å²) in [5.41, 5.74) is -0.579. The zero-order chi connectivity index (χ0) is 13.1. The maximum absolute atomic E-state index is 13.3. The highest BCUT2D eigenvalue weighted by atomic mass is 19.3. The van der Waals surface area contributed by atoms with Gasteiger partial charge < -0.3 is 0 Å². The highest BCUT2D eigenvalue weighted by molar-refractivity contribution is 6.07. The van der Waals surface area contributed by atoms with E-state index in [1.54, 1.807) is 12.1 Å². The van der Waals surface area contributed by atoms with E-state index in [0.29, 0.717) is 0 Å². The van der Waals surface area contributed by atoms with Crippen LogP contribution in [0.2, 0.25) is 0 Å². The third kappa shape index (κ3) is 2.40. The molecule has 2 rings (SSSR count). The van der Waals surface area contributed by atoms with Crippen molar-refractivity contribution in [3.63, 3.8) is 0 Å².